The van der Waals surface area contributed by atoms with Crippen molar-refractivity contribution in [3.8, 4) is 0 Å². The lowest BCUT2D eigenvalue weighted by atomic mass is 10.1. The highest BCUT2D eigenvalue weighted by Crippen LogP contribution is 2.16. The molecule has 1 atom stereocenters. The Morgan fingerprint density at radius 3 is 2.78 bits per heavy atom. The number of amides is 2. The number of hydrogen-bond acceptors (Lipinski definition) is 4. The second kappa shape index (κ2) is 8.30. The van der Waals surface area contributed by atoms with Crippen LogP contribution in [0.1, 0.15) is 29.4 Å². The molecule has 0 aliphatic carbocycles. The van der Waals surface area contributed by atoms with Gasteiger partial charge in [0.15, 0.2) is 0 Å². The first-order valence-corrected chi connectivity index (χ1v) is 9.11. The van der Waals surface area contributed by atoms with E-state index in [-0.39, 0.29) is 17.6 Å². The Hall–Kier alpha value is -2.74. The first-order chi connectivity index (χ1) is 13.0. The highest BCUT2D eigenvalue weighted by atomic mass is 19.1. The summed E-state index contributed by atoms with van der Waals surface area (Å²) < 4.78 is 14.8. The van der Waals surface area contributed by atoms with Crippen LogP contribution in [0.4, 0.5) is 10.1 Å². The number of nitrogens with zero attached hydrogens (tertiary/aromatic N) is 3. The van der Waals surface area contributed by atoms with Crippen LogP contribution in [-0.2, 0) is 11.3 Å². The fourth-order valence-electron chi connectivity index (χ4n) is 3.17. The summed E-state index contributed by atoms with van der Waals surface area (Å²) in [6.45, 7) is 6.00. The molecular weight excluding hydrogens is 349 g/mol. The number of rotatable bonds is 5. The lowest BCUT2D eigenvalue weighted by Crippen LogP contribution is -2.58. The number of carbonyl (C=O) groups excluding carboxylic acids is 2. The van der Waals surface area contributed by atoms with E-state index in [1.165, 1.54) is 24.3 Å². The van der Waals surface area contributed by atoms with Crippen molar-refractivity contribution in [2.45, 2.75) is 32.9 Å². The van der Waals surface area contributed by atoms with Gasteiger partial charge in [-0.05, 0) is 37.6 Å². The predicted octanol–water partition coefficient (Wildman–Crippen LogP) is 1.79. The summed E-state index contributed by atoms with van der Waals surface area (Å²) in [6.07, 6.45) is 2.67. The molecule has 0 radical (unpaired) electrons. The Labute approximate surface area is 157 Å². The minimum absolute atomic E-state index is 0.199. The van der Waals surface area contributed by atoms with E-state index in [4.69, 9.17) is 0 Å². The summed E-state index contributed by atoms with van der Waals surface area (Å²) in [5.41, 5.74) is 1.67. The van der Waals surface area contributed by atoms with Gasteiger partial charge in [-0.2, -0.15) is 5.10 Å². The molecule has 0 unspecified atom stereocenters. The van der Waals surface area contributed by atoms with Crippen molar-refractivity contribution in [1.82, 2.24) is 20.0 Å². The van der Waals surface area contributed by atoms with E-state index in [1.807, 2.05) is 6.92 Å². The van der Waals surface area contributed by atoms with E-state index in [9.17, 15) is 14.0 Å². The molecule has 1 aliphatic rings. The van der Waals surface area contributed by atoms with E-state index < -0.39 is 6.04 Å². The fraction of sp³-hybridized carbons (Fsp3) is 0.421. The zero-order valence-corrected chi connectivity index (χ0v) is 15.5. The van der Waals surface area contributed by atoms with Crippen molar-refractivity contribution >= 4 is 17.5 Å². The van der Waals surface area contributed by atoms with Gasteiger partial charge < -0.3 is 15.5 Å². The van der Waals surface area contributed by atoms with Crippen molar-refractivity contribution in [1.29, 1.82) is 0 Å². The third-order valence-corrected chi connectivity index (χ3v) is 4.55. The van der Waals surface area contributed by atoms with Crippen molar-refractivity contribution < 1.29 is 14.0 Å². The Morgan fingerprint density at radius 1 is 1.33 bits per heavy atom. The summed E-state index contributed by atoms with van der Waals surface area (Å²) in [5.74, 6) is -0.875. The van der Waals surface area contributed by atoms with E-state index in [2.05, 4.69) is 15.7 Å². The molecule has 144 valence electrons. The van der Waals surface area contributed by atoms with Crippen LogP contribution < -0.4 is 10.6 Å². The molecule has 1 fully saturated rings. The van der Waals surface area contributed by atoms with E-state index in [1.54, 1.807) is 22.7 Å². The number of nitrogens with one attached hydrogen (secondary N) is 2. The monoisotopic (exact) mass is 373 g/mol. The number of anilines is 1. The summed E-state index contributed by atoms with van der Waals surface area (Å²) in [7, 11) is 0. The van der Waals surface area contributed by atoms with Crippen LogP contribution in [-0.4, -0.2) is 52.2 Å². The molecule has 1 aromatic heterocycles. The van der Waals surface area contributed by atoms with Gasteiger partial charge in [-0.3, -0.25) is 14.3 Å². The second-order valence-electron chi connectivity index (χ2n) is 6.61. The van der Waals surface area contributed by atoms with Crippen molar-refractivity contribution in [3.63, 3.8) is 0 Å². The standard InChI is InChI=1S/C19H24FN5O2/c1-3-9-24-12-16(13(2)23-24)19(27)25-10-8-21-11-17(25)18(26)22-15-6-4-14(20)5-7-15/h4-7,12,17,21H,3,8-11H2,1-2H3,(H,22,26)/t17-/m1/s1. The normalized spacial score (nSPS) is 17.0. The molecule has 8 heteroatoms. The van der Waals surface area contributed by atoms with Crippen molar-refractivity contribution in [2.75, 3.05) is 25.0 Å². The van der Waals surface area contributed by atoms with Crippen LogP contribution in [0.25, 0.3) is 0 Å². The molecule has 2 heterocycles. The van der Waals surface area contributed by atoms with Gasteiger partial charge >= 0.3 is 0 Å². The van der Waals surface area contributed by atoms with E-state index in [0.29, 0.717) is 36.6 Å². The molecule has 2 amide bonds. The number of hydrogen-bond donors (Lipinski definition) is 2. The molecule has 27 heavy (non-hydrogen) atoms. The highest BCUT2D eigenvalue weighted by molar-refractivity contribution is 6.01. The van der Waals surface area contributed by atoms with Gasteiger partial charge in [-0.15, -0.1) is 0 Å². The van der Waals surface area contributed by atoms with Crippen LogP contribution in [0.3, 0.4) is 0 Å². The van der Waals surface area contributed by atoms with Gasteiger partial charge in [-0.1, -0.05) is 6.92 Å². The molecule has 2 N–H and O–H groups in total. The third-order valence-electron chi connectivity index (χ3n) is 4.55. The Kier molecular flexibility index (Phi) is 5.85. The predicted molar refractivity (Wildman–Crippen MR) is 100.0 cm³/mol. The van der Waals surface area contributed by atoms with Gasteiger partial charge in [0.25, 0.3) is 5.91 Å². The molecule has 2 aromatic rings. The molecular formula is C19H24FN5O2. The minimum atomic E-state index is -0.648. The minimum Gasteiger partial charge on any atom is -0.324 e. The van der Waals surface area contributed by atoms with Gasteiger partial charge in [0.05, 0.1) is 11.3 Å². The average Bonchev–Trinajstić information content (AvgIpc) is 3.03. The maximum absolute atomic E-state index is 13.1. The summed E-state index contributed by atoms with van der Waals surface area (Å²) in [5, 5.41) is 10.3. The van der Waals surface area contributed by atoms with Crippen LogP contribution >= 0.6 is 0 Å². The quantitative estimate of drug-likeness (QED) is 0.838. The SMILES string of the molecule is CCCn1cc(C(=O)N2CCNC[C@@H]2C(=O)Nc2ccc(F)cc2)c(C)n1. The number of halogens is 1. The number of benzene rings is 1. The Morgan fingerprint density at radius 2 is 2.07 bits per heavy atom. The number of aryl methyl sites for hydroxylation is 2. The maximum Gasteiger partial charge on any atom is 0.258 e. The van der Waals surface area contributed by atoms with Gasteiger partial charge in [0, 0.05) is 38.1 Å². The molecule has 7 nitrogen and oxygen atoms in total. The topological polar surface area (TPSA) is 79.3 Å². The number of carbonyl (C=O) groups is 2. The fourth-order valence-corrected chi connectivity index (χ4v) is 3.17. The molecule has 0 saturated carbocycles. The third kappa shape index (κ3) is 4.33. The molecule has 1 saturated heterocycles. The van der Waals surface area contributed by atoms with Gasteiger partial charge in [0.2, 0.25) is 5.91 Å². The molecule has 0 bridgehead atoms. The second-order valence-corrected chi connectivity index (χ2v) is 6.61. The van der Waals surface area contributed by atoms with E-state index >= 15 is 0 Å². The Balaban J connectivity index is 1.77. The lowest BCUT2D eigenvalue weighted by Gasteiger charge is -2.35. The van der Waals surface area contributed by atoms with Crippen molar-refractivity contribution in [2.24, 2.45) is 0 Å². The van der Waals surface area contributed by atoms with Crippen LogP contribution in [0.2, 0.25) is 0 Å². The largest absolute Gasteiger partial charge is 0.324 e. The smallest absolute Gasteiger partial charge is 0.258 e. The first-order valence-electron chi connectivity index (χ1n) is 9.11. The first kappa shape index (κ1) is 19.0. The molecule has 0 spiro atoms. The van der Waals surface area contributed by atoms with Crippen LogP contribution in [0.15, 0.2) is 30.5 Å². The molecule has 1 aromatic carbocycles. The van der Waals surface area contributed by atoms with E-state index in [0.717, 1.165) is 13.0 Å². The summed E-state index contributed by atoms with van der Waals surface area (Å²) >= 11 is 0. The Bertz CT molecular complexity index is 818. The van der Waals surface area contributed by atoms with Gasteiger partial charge in [-0.25, -0.2) is 4.39 Å². The highest BCUT2D eigenvalue weighted by Gasteiger charge is 2.34. The number of piperazine rings is 1. The van der Waals surface area contributed by atoms with Crippen LogP contribution in [0.5, 0.6) is 0 Å². The summed E-state index contributed by atoms with van der Waals surface area (Å²) in [4.78, 5) is 27.4. The van der Waals surface area contributed by atoms with Crippen molar-refractivity contribution in [3.05, 3.63) is 47.5 Å². The molecule has 3 rings (SSSR count). The summed E-state index contributed by atoms with van der Waals surface area (Å²) in [6, 6.07) is 4.90. The lowest BCUT2D eigenvalue weighted by molar-refractivity contribution is -0.121. The zero-order valence-electron chi connectivity index (χ0n) is 15.5. The van der Waals surface area contributed by atoms with Gasteiger partial charge in [0.1, 0.15) is 11.9 Å². The maximum atomic E-state index is 13.1. The zero-order chi connectivity index (χ0) is 19.4. The molecule has 1 aliphatic heterocycles. The number of aromatic nitrogens is 2. The average molecular weight is 373 g/mol. The van der Waals surface area contributed by atoms with Crippen LogP contribution in [0, 0.1) is 12.7 Å².